The van der Waals surface area contributed by atoms with E-state index < -0.39 is 0 Å². The minimum atomic E-state index is -0.0876. The van der Waals surface area contributed by atoms with Gasteiger partial charge in [0.1, 0.15) is 0 Å². The summed E-state index contributed by atoms with van der Waals surface area (Å²) in [5.41, 5.74) is 2.02. The molecule has 0 aromatic heterocycles. The van der Waals surface area contributed by atoms with Gasteiger partial charge in [-0.25, -0.2) is 0 Å². The van der Waals surface area contributed by atoms with Crippen molar-refractivity contribution in [2.75, 3.05) is 18.4 Å². The molecule has 1 aliphatic carbocycles. The average molecular weight is 343 g/mol. The van der Waals surface area contributed by atoms with E-state index in [1.807, 2.05) is 18.2 Å². The molecule has 1 saturated carbocycles. The predicted octanol–water partition coefficient (Wildman–Crippen LogP) is 3.06. The Kier molecular flexibility index (Phi) is 6.45. The molecule has 0 bridgehead atoms. The van der Waals surface area contributed by atoms with Gasteiger partial charge < -0.3 is 10.6 Å². The van der Waals surface area contributed by atoms with Crippen LogP contribution in [0.4, 0.5) is 5.69 Å². The number of hydrogen-bond donors (Lipinski definition) is 2. The number of hydrogen-bond acceptors (Lipinski definition) is 3. The molecular weight excluding hydrogens is 314 g/mol. The van der Waals surface area contributed by atoms with Crippen LogP contribution in [-0.2, 0) is 16.1 Å². The van der Waals surface area contributed by atoms with Gasteiger partial charge in [0, 0.05) is 31.1 Å². The Bertz CT molecular complexity index is 590. The summed E-state index contributed by atoms with van der Waals surface area (Å²) in [4.78, 5) is 26.6. The number of carbonyl (C=O) groups excluding carboxylic acids is 2. The van der Waals surface area contributed by atoms with Crippen molar-refractivity contribution in [1.29, 1.82) is 0 Å². The second kappa shape index (κ2) is 8.99. The maximum atomic E-state index is 12.2. The Hall–Kier alpha value is -1.88. The highest BCUT2D eigenvalue weighted by molar-refractivity contribution is 5.93. The van der Waals surface area contributed by atoms with Gasteiger partial charge in [-0.2, -0.15) is 0 Å². The third kappa shape index (κ3) is 5.56. The van der Waals surface area contributed by atoms with Crippen molar-refractivity contribution in [2.45, 2.75) is 64.0 Å². The van der Waals surface area contributed by atoms with Crippen molar-refractivity contribution in [2.24, 2.45) is 0 Å². The summed E-state index contributed by atoms with van der Waals surface area (Å²) in [5.74, 6) is -0.0946. The molecule has 1 aliphatic heterocycles. The third-order valence-electron chi connectivity index (χ3n) is 5.18. The highest BCUT2D eigenvalue weighted by Gasteiger charge is 2.18. The van der Waals surface area contributed by atoms with Gasteiger partial charge >= 0.3 is 0 Å². The van der Waals surface area contributed by atoms with Crippen LogP contribution in [0.5, 0.6) is 0 Å². The van der Waals surface area contributed by atoms with Crippen LogP contribution >= 0.6 is 0 Å². The molecule has 2 aliphatic rings. The fourth-order valence-corrected chi connectivity index (χ4v) is 3.77. The smallest absolute Gasteiger partial charge is 0.224 e. The standard InChI is InChI=1S/C20H29N3O2/c24-19(21-17-8-2-3-9-17)11-12-20(25)22-18-10-4-1-7-16(18)15-23-13-5-6-14-23/h1,4,7,10,17H,2-3,5-6,8-9,11-15H2,(H,21,24)(H,22,25). The lowest BCUT2D eigenvalue weighted by atomic mass is 10.1. The van der Waals surface area contributed by atoms with Crippen molar-refractivity contribution in [3.8, 4) is 0 Å². The van der Waals surface area contributed by atoms with E-state index in [0.29, 0.717) is 6.04 Å². The molecule has 2 amide bonds. The van der Waals surface area contributed by atoms with E-state index in [0.717, 1.165) is 43.7 Å². The molecule has 0 spiro atoms. The maximum Gasteiger partial charge on any atom is 0.224 e. The van der Waals surface area contributed by atoms with E-state index >= 15 is 0 Å². The van der Waals surface area contributed by atoms with Gasteiger partial charge in [-0.1, -0.05) is 31.0 Å². The third-order valence-corrected chi connectivity index (χ3v) is 5.18. The topological polar surface area (TPSA) is 61.4 Å². The molecule has 1 aromatic rings. The molecule has 2 fully saturated rings. The molecule has 0 atom stereocenters. The second-order valence-electron chi connectivity index (χ2n) is 7.24. The van der Waals surface area contributed by atoms with Gasteiger partial charge in [-0.05, 0) is 50.4 Å². The Morgan fingerprint density at radius 3 is 2.40 bits per heavy atom. The first-order valence-electron chi connectivity index (χ1n) is 9.60. The normalized spacial score (nSPS) is 18.4. The summed E-state index contributed by atoms with van der Waals surface area (Å²) in [6.45, 7) is 3.13. The first-order chi connectivity index (χ1) is 12.2. The van der Waals surface area contributed by atoms with Crippen molar-refractivity contribution >= 4 is 17.5 Å². The van der Waals surface area contributed by atoms with Crippen molar-refractivity contribution in [3.63, 3.8) is 0 Å². The fourth-order valence-electron chi connectivity index (χ4n) is 3.77. The van der Waals surface area contributed by atoms with E-state index in [1.54, 1.807) is 0 Å². The molecule has 0 radical (unpaired) electrons. The monoisotopic (exact) mass is 343 g/mol. The molecule has 1 aromatic carbocycles. The summed E-state index contributed by atoms with van der Waals surface area (Å²) in [6.07, 6.45) is 7.53. The minimum absolute atomic E-state index is 0.00704. The van der Waals surface area contributed by atoms with Crippen molar-refractivity contribution < 1.29 is 9.59 Å². The lowest BCUT2D eigenvalue weighted by Gasteiger charge is -2.18. The van der Waals surface area contributed by atoms with Gasteiger partial charge in [0.15, 0.2) is 0 Å². The van der Waals surface area contributed by atoms with E-state index in [9.17, 15) is 9.59 Å². The van der Waals surface area contributed by atoms with Crippen molar-refractivity contribution in [1.82, 2.24) is 10.2 Å². The largest absolute Gasteiger partial charge is 0.353 e. The number of carbonyl (C=O) groups is 2. The molecule has 2 N–H and O–H groups in total. The van der Waals surface area contributed by atoms with Crippen LogP contribution in [0, 0.1) is 0 Å². The summed E-state index contributed by atoms with van der Waals surface area (Å²) in [7, 11) is 0. The number of para-hydroxylation sites is 1. The number of nitrogens with one attached hydrogen (secondary N) is 2. The molecule has 25 heavy (non-hydrogen) atoms. The van der Waals surface area contributed by atoms with E-state index in [-0.39, 0.29) is 24.7 Å². The molecule has 3 rings (SSSR count). The fraction of sp³-hybridized carbons (Fsp3) is 0.600. The van der Waals surface area contributed by atoms with Crippen LogP contribution in [0.15, 0.2) is 24.3 Å². The molecule has 0 unspecified atom stereocenters. The van der Waals surface area contributed by atoms with Gasteiger partial charge in [0.2, 0.25) is 11.8 Å². The Morgan fingerprint density at radius 1 is 0.960 bits per heavy atom. The quantitative estimate of drug-likeness (QED) is 0.800. The number of anilines is 1. The lowest BCUT2D eigenvalue weighted by Crippen LogP contribution is -2.33. The van der Waals surface area contributed by atoms with Gasteiger partial charge in [0.05, 0.1) is 0 Å². The van der Waals surface area contributed by atoms with E-state index in [2.05, 4.69) is 21.6 Å². The first kappa shape index (κ1) is 17.9. The number of nitrogens with zero attached hydrogens (tertiary/aromatic N) is 1. The van der Waals surface area contributed by atoms with Crippen LogP contribution in [0.1, 0.15) is 56.9 Å². The van der Waals surface area contributed by atoms with Gasteiger partial charge in [-0.3, -0.25) is 14.5 Å². The van der Waals surface area contributed by atoms with Crippen LogP contribution < -0.4 is 10.6 Å². The zero-order valence-electron chi connectivity index (χ0n) is 14.9. The maximum absolute atomic E-state index is 12.2. The van der Waals surface area contributed by atoms with E-state index in [1.165, 1.54) is 25.7 Å². The highest BCUT2D eigenvalue weighted by atomic mass is 16.2. The summed E-state index contributed by atoms with van der Waals surface area (Å²) in [5, 5.41) is 6.02. The number of likely N-dealkylation sites (tertiary alicyclic amines) is 1. The molecule has 1 saturated heterocycles. The first-order valence-corrected chi connectivity index (χ1v) is 9.60. The van der Waals surface area contributed by atoms with Gasteiger partial charge in [0.25, 0.3) is 0 Å². The SMILES string of the molecule is O=C(CCC(=O)NC1CCCC1)Nc1ccccc1CN1CCCC1. The molecular formula is C20H29N3O2. The molecule has 136 valence electrons. The molecule has 5 nitrogen and oxygen atoms in total. The van der Waals surface area contributed by atoms with Crippen molar-refractivity contribution in [3.05, 3.63) is 29.8 Å². The van der Waals surface area contributed by atoms with Gasteiger partial charge in [-0.15, -0.1) is 0 Å². The van der Waals surface area contributed by atoms with Crippen LogP contribution in [0.3, 0.4) is 0 Å². The summed E-state index contributed by atoms with van der Waals surface area (Å²) < 4.78 is 0. The Balaban J connectivity index is 1.46. The van der Waals surface area contributed by atoms with Crippen LogP contribution in [0.25, 0.3) is 0 Å². The van der Waals surface area contributed by atoms with Crippen LogP contribution in [0.2, 0.25) is 0 Å². The zero-order valence-corrected chi connectivity index (χ0v) is 14.9. The predicted molar refractivity (Wildman–Crippen MR) is 99.2 cm³/mol. The molecule has 5 heteroatoms. The Morgan fingerprint density at radius 2 is 1.64 bits per heavy atom. The molecule has 1 heterocycles. The zero-order chi connectivity index (χ0) is 17.5. The average Bonchev–Trinajstić information content (AvgIpc) is 3.29. The second-order valence-corrected chi connectivity index (χ2v) is 7.24. The summed E-state index contributed by atoms with van der Waals surface area (Å²) in [6, 6.07) is 8.28. The Labute approximate surface area is 150 Å². The van der Waals surface area contributed by atoms with Crippen LogP contribution in [-0.4, -0.2) is 35.8 Å². The number of amides is 2. The summed E-state index contributed by atoms with van der Waals surface area (Å²) >= 11 is 0. The highest BCUT2D eigenvalue weighted by Crippen LogP contribution is 2.20. The minimum Gasteiger partial charge on any atom is -0.353 e. The van der Waals surface area contributed by atoms with E-state index in [4.69, 9.17) is 0 Å². The number of rotatable bonds is 7. The lowest BCUT2D eigenvalue weighted by molar-refractivity contribution is -0.124. The number of benzene rings is 1.